The summed E-state index contributed by atoms with van der Waals surface area (Å²) in [4.78, 5) is 24.9. The number of hydrogen-bond acceptors (Lipinski definition) is 3. The van der Waals surface area contributed by atoms with Gasteiger partial charge < -0.3 is 15.7 Å². The lowest BCUT2D eigenvalue weighted by Crippen LogP contribution is -2.58. The minimum Gasteiger partial charge on any atom is -0.480 e. The highest BCUT2D eigenvalue weighted by atomic mass is 16.4. The van der Waals surface area contributed by atoms with Crippen LogP contribution in [0.5, 0.6) is 0 Å². The van der Waals surface area contributed by atoms with Crippen LogP contribution in [-0.2, 0) is 9.59 Å². The predicted molar refractivity (Wildman–Crippen MR) is 62.4 cm³/mol. The summed E-state index contributed by atoms with van der Waals surface area (Å²) in [5, 5.41) is 9.08. The van der Waals surface area contributed by atoms with Gasteiger partial charge in [0.15, 0.2) is 0 Å². The number of amides is 1. The maximum Gasteiger partial charge on any atom is 0.326 e. The van der Waals surface area contributed by atoms with Gasteiger partial charge in [0.05, 0.1) is 5.54 Å². The second-order valence-corrected chi connectivity index (χ2v) is 5.21. The molecule has 1 unspecified atom stereocenters. The van der Waals surface area contributed by atoms with E-state index in [1.165, 1.54) is 4.90 Å². The minimum atomic E-state index is -0.907. The van der Waals surface area contributed by atoms with Crippen molar-refractivity contribution in [2.24, 2.45) is 5.73 Å². The summed E-state index contributed by atoms with van der Waals surface area (Å²) in [6.45, 7) is 0.536. The molecule has 0 spiro atoms. The molecule has 2 aliphatic rings. The molecule has 96 valence electrons. The molecule has 1 atom stereocenters. The summed E-state index contributed by atoms with van der Waals surface area (Å²) in [5.74, 6) is -1.06. The van der Waals surface area contributed by atoms with Crippen LogP contribution in [0.4, 0.5) is 0 Å². The topological polar surface area (TPSA) is 83.6 Å². The molecule has 0 bridgehead atoms. The van der Waals surface area contributed by atoms with E-state index in [2.05, 4.69) is 0 Å². The van der Waals surface area contributed by atoms with Gasteiger partial charge in [-0.2, -0.15) is 0 Å². The van der Waals surface area contributed by atoms with Crippen molar-refractivity contribution in [3.63, 3.8) is 0 Å². The van der Waals surface area contributed by atoms with Crippen LogP contribution in [0.2, 0.25) is 0 Å². The van der Waals surface area contributed by atoms with Gasteiger partial charge in [0.25, 0.3) is 0 Å². The molecule has 1 aliphatic carbocycles. The normalized spacial score (nSPS) is 28.1. The Bertz CT molecular complexity index is 324. The molecule has 0 aromatic heterocycles. The van der Waals surface area contributed by atoms with E-state index in [-0.39, 0.29) is 5.91 Å². The number of carbonyl (C=O) groups is 2. The van der Waals surface area contributed by atoms with Crippen LogP contribution >= 0.6 is 0 Å². The Hall–Kier alpha value is -1.10. The van der Waals surface area contributed by atoms with Crippen molar-refractivity contribution in [1.29, 1.82) is 0 Å². The minimum absolute atomic E-state index is 0.151. The average molecular weight is 240 g/mol. The van der Waals surface area contributed by atoms with Crippen LogP contribution in [0, 0.1) is 0 Å². The third-order valence-corrected chi connectivity index (χ3v) is 3.97. The van der Waals surface area contributed by atoms with Crippen LogP contribution in [0.15, 0.2) is 0 Å². The first-order chi connectivity index (χ1) is 8.04. The molecular weight excluding hydrogens is 220 g/mol. The van der Waals surface area contributed by atoms with Gasteiger partial charge in [-0.1, -0.05) is 19.3 Å². The zero-order chi connectivity index (χ0) is 12.5. The van der Waals surface area contributed by atoms with Crippen molar-refractivity contribution < 1.29 is 14.7 Å². The fraction of sp³-hybridized carbons (Fsp3) is 0.833. The molecule has 2 fully saturated rings. The summed E-state index contributed by atoms with van der Waals surface area (Å²) >= 11 is 0. The Kier molecular flexibility index (Phi) is 3.38. The maximum absolute atomic E-state index is 12.4. The zero-order valence-corrected chi connectivity index (χ0v) is 10.0. The largest absolute Gasteiger partial charge is 0.480 e. The van der Waals surface area contributed by atoms with Crippen molar-refractivity contribution in [3.8, 4) is 0 Å². The van der Waals surface area contributed by atoms with E-state index in [0.717, 1.165) is 25.7 Å². The number of hydrogen-bond donors (Lipinski definition) is 2. The Morgan fingerprint density at radius 1 is 1.18 bits per heavy atom. The van der Waals surface area contributed by atoms with E-state index < -0.39 is 17.6 Å². The van der Waals surface area contributed by atoms with Gasteiger partial charge in [0.1, 0.15) is 6.04 Å². The molecule has 2 rings (SSSR count). The van der Waals surface area contributed by atoms with E-state index in [9.17, 15) is 9.59 Å². The van der Waals surface area contributed by atoms with E-state index in [4.69, 9.17) is 10.8 Å². The van der Waals surface area contributed by atoms with Crippen molar-refractivity contribution in [3.05, 3.63) is 0 Å². The SMILES string of the molecule is NC1(C(=O)N2CCCC2C(=O)O)CCCCC1. The molecule has 5 nitrogen and oxygen atoms in total. The monoisotopic (exact) mass is 240 g/mol. The van der Waals surface area contributed by atoms with E-state index >= 15 is 0 Å². The second-order valence-electron chi connectivity index (χ2n) is 5.21. The van der Waals surface area contributed by atoms with Gasteiger partial charge in [0.2, 0.25) is 5.91 Å². The summed E-state index contributed by atoms with van der Waals surface area (Å²) in [6.07, 6.45) is 5.75. The summed E-state index contributed by atoms with van der Waals surface area (Å²) in [6, 6.07) is -0.662. The smallest absolute Gasteiger partial charge is 0.326 e. The van der Waals surface area contributed by atoms with Gasteiger partial charge in [-0.05, 0) is 25.7 Å². The first-order valence-corrected chi connectivity index (χ1v) is 6.37. The number of rotatable bonds is 2. The van der Waals surface area contributed by atoms with Crippen LogP contribution in [0.1, 0.15) is 44.9 Å². The van der Waals surface area contributed by atoms with Crippen LogP contribution < -0.4 is 5.73 Å². The number of nitrogens with two attached hydrogens (primary N) is 1. The number of carbonyl (C=O) groups excluding carboxylic acids is 1. The van der Waals surface area contributed by atoms with Crippen molar-refractivity contribution >= 4 is 11.9 Å². The molecule has 1 heterocycles. The molecule has 0 aromatic carbocycles. The second kappa shape index (κ2) is 4.64. The van der Waals surface area contributed by atoms with Crippen molar-refractivity contribution in [2.75, 3.05) is 6.54 Å². The Balaban J connectivity index is 2.10. The van der Waals surface area contributed by atoms with Crippen LogP contribution in [0.25, 0.3) is 0 Å². The number of likely N-dealkylation sites (tertiary alicyclic amines) is 1. The molecule has 1 saturated heterocycles. The lowest BCUT2D eigenvalue weighted by Gasteiger charge is -2.36. The van der Waals surface area contributed by atoms with E-state index in [1.54, 1.807) is 0 Å². The molecule has 3 N–H and O–H groups in total. The van der Waals surface area contributed by atoms with Gasteiger partial charge in [-0.25, -0.2) is 4.79 Å². The van der Waals surface area contributed by atoms with Crippen LogP contribution in [-0.4, -0.2) is 40.0 Å². The molecule has 1 saturated carbocycles. The van der Waals surface area contributed by atoms with Gasteiger partial charge >= 0.3 is 5.97 Å². The molecule has 17 heavy (non-hydrogen) atoms. The average Bonchev–Trinajstić information content (AvgIpc) is 2.77. The van der Waals surface area contributed by atoms with Crippen molar-refractivity contribution in [1.82, 2.24) is 4.90 Å². The fourth-order valence-corrected chi connectivity index (χ4v) is 2.95. The molecule has 5 heteroatoms. The lowest BCUT2D eigenvalue weighted by atomic mass is 9.81. The standard InChI is InChI=1S/C12H20N2O3/c13-12(6-2-1-3-7-12)11(17)14-8-4-5-9(14)10(15)16/h9H,1-8,13H2,(H,15,16). The fourth-order valence-electron chi connectivity index (χ4n) is 2.95. The molecule has 1 amide bonds. The van der Waals surface area contributed by atoms with Crippen molar-refractivity contribution in [2.45, 2.75) is 56.5 Å². The highest BCUT2D eigenvalue weighted by Gasteiger charge is 2.43. The summed E-state index contributed by atoms with van der Waals surface area (Å²) < 4.78 is 0. The first-order valence-electron chi connectivity index (χ1n) is 6.37. The van der Waals surface area contributed by atoms with E-state index in [0.29, 0.717) is 25.8 Å². The first kappa shape index (κ1) is 12.4. The molecule has 0 aromatic rings. The van der Waals surface area contributed by atoms with E-state index in [1.807, 2.05) is 0 Å². The zero-order valence-electron chi connectivity index (χ0n) is 10.0. The quantitative estimate of drug-likeness (QED) is 0.745. The molecular formula is C12H20N2O3. The molecule has 1 aliphatic heterocycles. The lowest BCUT2D eigenvalue weighted by molar-refractivity contribution is -0.151. The Morgan fingerprint density at radius 2 is 1.82 bits per heavy atom. The number of carboxylic acids is 1. The predicted octanol–water partition coefficient (Wildman–Crippen LogP) is 0.724. The Labute approximate surface area is 101 Å². The summed E-state index contributed by atoms with van der Waals surface area (Å²) in [7, 11) is 0. The highest BCUT2D eigenvalue weighted by Crippen LogP contribution is 2.30. The van der Waals surface area contributed by atoms with Gasteiger partial charge in [-0.3, -0.25) is 4.79 Å². The third-order valence-electron chi connectivity index (χ3n) is 3.97. The number of carboxylic acid groups (broad SMARTS) is 1. The third kappa shape index (κ3) is 2.29. The van der Waals surface area contributed by atoms with Crippen LogP contribution in [0.3, 0.4) is 0 Å². The molecule has 0 radical (unpaired) electrons. The maximum atomic E-state index is 12.4. The van der Waals surface area contributed by atoms with Gasteiger partial charge in [-0.15, -0.1) is 0 Å². The highest BCUT2D eigenvalue weighted by molar-refractivity contribution is 5.90. The number of nitrogens with zero attached hydrogens (tertiary/aromatic N) is 1. The Morgan fingerprint density at radius 3 is 2.41 bits per heavy atom. The number of aliphatic carboxylic acids is 1. The van der Waals surface area contributed by atoms with Gasteiger partial charge in [0, 0.05) is 6.54 Å². The summed E-state index contributed by atoms with van der Waals surface area (Å²) in [5.41, 5.74) is 5.35.